The fourth-order valence-corrected chi connectivity index (χ4v) is 5.65. The lowest BCUT2D eigenvalue weighted by Gasteiger charge is -2.30. The van der Waals surface area contributed by atoms with Crippen molar-refractivity contribution in [2.24, 2.45) is 5.92 Å². The van der Waals surface area contributed by atoms with Gasteiger partial charge in [0, 0.05) is 33.0 Å². The van der Waals surface area contributed by atoms with Crippen molar-refractivity contribution in [3.63, 3.8) is 0 Å². The maximum atomic E-state index is 12.1. The fraction of sp³-hybridized carbons (Fsp3) is 0.714. The molecule has 254 valence electrons. The maximum absolute atomic E-state index is 12.1. The van der Waals surface area contributed by atoms with E-state index in [9.17, 15) is 45.6 Å². The highest BCUT2D eigenvalue weighted by Gasteiger charge is 2.50. The van der Waals surface area contributed by atoms with Crippen LogP contribution in [0.5, 0.6) is 0 Å². The highest BCUT2D eigenvalue weighted by Crippen LogP contribution is 2.31. The Morgan fingerprint density at radius 3 is 1.60 bits per heavy atom. The quantitative estimate of drug-likeness (QED) is 0.135. The van der Waals surface area contributed by atoms with Crippen LogP contribution in [0.2, 0.25) is 0 Å². The SMILES string of the molecule is CC(=O)N(C)NC(=O)[C@@H]1CC[C@@H]2CN1C(=O)N2OS(=O)(=O)O.CC(C)C(=O)NNC(=O)[C@@H]1CC[C@@H]2CN1C(=O)N2OS(=O)(=O)O. The van der Waals surface area contributed by atoms with Crippen molar-refractivity contribution in [2.45, 2.75) is 70.6 Å². The van der Waals surface area contributed by atoms with Gasteiger partial charge in [0.1, 0.15) is 12.1 Å². The van der Waals surface area contributed by atoms with E-state index in [4.69, 9.17) is 9.11 Å². The first-order valence-corrected chi connectivity index (χ1v) is 16.1. The highest BCUT2D eigenvalue weighted by molar-refractivity contribution is 7.81. The second-order valence-electron chi connectivity index (χ2n) is 10.7. The summed E-state index contributed by atoms with van der Waals surface area (Å²) in [6.45, 7) is 4.75. The summed E-state index contributed by atoms with van der Waals surface area (Å²) in [4.78, 5) is 73.2. The molecule has 0 aromatic rings. The van der Waals surface area contributed by atoms with Crippen molar-refractivity contribution in [3.05, 3.63) is 0 Å². The summed E-state index contributed by atoms with van der Waals surface area (Å²) in [5, 5.41) is 2.09. The molecule has 0 aromatic carbocycles. The number of hydrogen-bond acceptors (Lipinski definition) is 12. The Morgan fingerprint density at radius 1 is 0.800 bits per heavy atom. The zero-order valence-electron chi connectivity index (χ0n) is 24.5. The minimum Gasteiger partial charge on any atom is -0.309 e. The molecule has 4 rings (SSSR count). The molecule has 0 saturated carbocycles. The minimum atomic E-state index is -4.83. The number of nitrogens with one attached hydrogen (secondary N) is 3. The number of hydrazine groups is 2. The third-order valence-electron chi connectivity index (χ3n) is 7.18. The highest BCUT2D eigenvalue weighted by atomic mass is 32.3. The molecule has 0 aliphatic carbocycles. The summed E-state index contributed by atoms with van der Waals surface area (Å²) in [5.74, 6) is -2.22. The summed E-state index contributed by atoms with van der Waals surface area (Å²) in [5.41, 5.74) is 6.82. The third kappa shape index (κ3) is 8.88. The fourth-order valence-electron chi connectivity index (χ4n) is 4.88. The van der Waals surface area contributed by atoms with Crippen molar-refractivity contribution in [1.29, 1.82) is 0 Å². The zero-order valence-corrected chi connectivity index (χ0v) is 26.1. The van der Waals surface area contributed by atoms with Gasteiger partial charge < -0.3 is 9.80 Å². The van der Waals surface area contributed by atoms with Crippen molar-refractivity contribution in [2.75, 3.05) is 20.1 Å². The van der Waals surface area contributed by atoms with Crippen LogP contribution in [0.15, 0.2) is 0 Å². The van der Waals surface area contributed by atoms with Gasteiger partial charge in [-0.25, -0.2) is 9.59 Å². The summed E-state index contributed by atoms with van der Waals surface area (Å²) in [6.07, 6.45) is 1.18. The van der Waals surface area contributed by atoms with Gasteiger partial charge in [-0.05, 0) is 25.7 Å². The van der Waals surface area contributed by atoms with Crippen molar-refractivity contribution in [3.8, 4) is 0 Å². The average molecular weight is 687 g/mol. The standard InChI is InChI=1S/C11H18N4O7S.C10H16N4O7S/c1-6(2)9(16)12-13-10(17)8-4-3-7-5-14(8)11(18)15(7)22-23(19,20)21;1-6(15)12(2)11-9(16)8-4-3-7-5-13(8)10(17)14(7)21-22(18,19)20/h6-8H,3-5H2,1-2H3,(H,12,16)(H,13,17)(H,19,20,21);7-8H,3-5H2,1-2H3,(H,11,16)(H,18,19,20)/t2*7-,8+/m11/s1. The Labute approximate surface area is 257 Å². The Bertz CT molecular complexity index is 1440. The Balaban J connectivity index is 0.000000246. The lowest BCUT2D eigenvalue weighted by molar-refractivity contribution is -0.140. The number of carbonyl (C=O) groups is 6. The molecule has 4 aliphatic heterocycles. The number of hydroxylamine groups is 4. The van der Waals surface area contributed by atoms with E-state index in [1.54, 1.807) is 13.8 Å². The van der Waals surface area contributed by atoms with Crippen LogP contribution < -0.4 is 16.3 Å². The van der Waals surface area contributed by atoms with Crippen molar-refractivity contribution in [1.82, 2.24) is 41.2 Å². The van der Waals surface area contributed by atoms with E-state index in [2.05, 4.69) is 24.8 Å². The van der Waals surface area contributed by atoms with Gasteiger partial charge >= 0.3 is 32.9 Å². The number of amides is 8. The number of rotatable bonds is 7. The summed E-state index contributed by atoms with van der Waals surface area (Å²) in [6, 6.07) is -4.50. The molecule has 0 unspecified atom stereocenters. The molecule has 24 heteroatoms. The molecule has 8 amide bonds. The van der Waals surface area contributed by atoms with Gasteiger partial charge in [-0.3, -0.25) is 49.6 Å². The smallest absolute Gasteiger partial charge is 0.309 e. The number of urea groups is 2. The van der Waals surface area contributed by atoms with Gasteiger partial charge in [-0.1, -0.05) is 13.8 Å². The van der Waals surface area contributed by atoms with Crippen LogP contribution in [-0.4, -0.2) is 131 Å². The second kappa shape index (κ2) is 13.7. The van der Waals surface area contributed by atoms with Crippen LogP contribution in [0.3, 0.4) is 0 Å². The third-order valence-corrected chi connectivity index (χ3v) is 7.88. The number of hydrogen-bond donors (Lipinski definition) is 5. The first-order valence-electron chi connectivity index (χ1n) is 13.4. The second-order valence-corrected chi connectivity index (χ2v) is 12.7. The number of piperidine rings is 2. The van der Waals surface area contributed by atoms with Crippen LogP contribution in [0.1, 0.15) is 46.5 Å². The Kier molecular flexibility index (Phi) is 10.8. The molecule has 22 nitrogen and oxygen atoms in total. The van der Waals surface area contributed by atoms with E-state index >= 15 is 0 Å². The first kappa shape index (κ1) is 35.6. The molecule has 4 atom stereocenters. The molecular formula is C21H34N8O14S2. The van der Waals surface area contributed by atoms with Crippen LogP contribution in [0.25, 0.3) is 0 Å². The molecule has 0 radical (unpaired) electrons. The number of nitrogens with zero attached hydrogens (tertiary/aromatic N) is 5. The minimum absolute atomic E-state index is 0.0879. The molecule has 5 N–H and O–H groups in total. The molecule has 4 aliphatic rings. The van der Waals surface area contributed by atoms with Crippen molar-refractivity contribution < 1.29 is 63.3 Å². The van der Waals surface area contributed by atoms with Crippen LogP contribution in [-0.2, 0) is 48.5 Å². The van der Waals surface area contributed by atoms with E-state index in [0.29, 0.717) is 23.0 Å². The zero-order chi connectivity index (χ0) is 34.0. The molecular weight excluding hydrogens is 652 g/mol. The van der Waals surface area contributed by atoms with Crippen LogP contribution in [0, 0.1) is 5.92 Å². The van der Waals surface area contributed by atoms with Crippen molar-refractivity contribution >= 4 is 56.5 Å². The predicted octanol–water partition coefficient (Wildman–Crippen LogP) is -2.71. The molecule has 4 bridgehead atoms. The van der Waals surface area contributed by atoms with Crippen LogP contribution >= 0.6 is 0 Å². The average Bonchev–Trinajstić information content (AvgIpc) is 3.29. The molecule has 4 fully saturated rings. The normalized spacial score (nSPS) is 24.2. The number of carbonyl (C=O) groups excluding carboxylic acids is 6. The Hall–Kier alpha value is -3.84. The van der Waals surface area contributed by atoms with E-state index < -0.39 is 68.8 Å². The first-order chi connectivity index (χ1) is 20.7. The largest absolute Gasteiger partial charge is 0.418 e. The molecule has 45 heavy (non-hydrogen) atoms. The summed E-state index contributed by atoms with van der Waals surface area (Å²) >= 11 is 0. The summed E-state index contributed by atoms with van der Waals surface area (Å²) < 4.78 is 68.9. The number of fused-ring (bicyclic) bond motifs is 4. The van der Waals surface area contributed by atoms with Crippen LogP contribution in [0.4, 0.5) is 9.59 Å². The van der Waals surface area contributed by atoms with E-state index in [1.807, 2.05) is 0 Å². The molecule has 0 aromatic heterocycles. The van der Waals surface area contributed by atoms with E-state index in [-0.39, 0.29) is 43.7 Å². The predicted molar refractivity (Wildman–Crippen MR) is 144 cm³/mol. The molecule has 4 heterocycles. The maximum Gasteiger partial charge on any atom is 0.418 e. The van der Waals surface area contributed by atoms with Gasteiger partial charge in [-0.2, -0.15) is 27.0 Å². The lowest BCUT2D eigenvalue weighted by atomic mass is 10.0. The molecule has 0 spiro atoms. The van der Waals surface area contributed by atoms with Gasteiger partial charge in [-0.15, -0.1) is 8.57 Å². The van der Waals surface area contributed by atoms with E-state index in [0.717, 1.165) is 14.8 Å². The summed E-state index contributed by atoms with van der Waals surface area (Å²) in [7, 11) is -8.28. The van der Waals surface area contributed by atoms with Gasteiger partial charge in [0.15, 0.2) is 0 Å². The Morgan fingerprint density at radius 2 is 1.22 bits per heavy atom. The van der Waals surface area contributed by atoms with Gasteiger partial charge in [0.25, 0.3) is 11.8 Å². The monoisotopic (exact) mass is 686 g/mol. The molecule has 4 saturated heterocycles. The van der Waals surface area contributed by atoms with E-state index in [1.165, 1.54) is 14.0 Å². The topological polar surface area (TPSA) is 282 Å². The lowest BCUT2D eigenvalue weighted by Crippen LogP contribution is -2.54. The van der Waals surface area contributed by atoms with Gasteiger partial charge in [0.05, 0.1) is 12.1 Å². The van der Waals surface area contributed by atoms with Gasteiger partial charge in [0.2, 0.25) is 11.8 Å².